The quantitative estimate of drug-likeness (QED) is 0.609. The SMILES string of the molecule is CC#CCOc1ccc(S(=O)(=O)C2CC[N+](C(=O)O)(C(=O)CC)CC2)cc1. The number of carbonyl (C=O) groups is 2. The summed E-state index contributed by atoms with van der Waals surface area (Å²) < 4.78 is 30.4. The van der Waals surface area contributed by atoms with Crippen LogP contribution in [0, 0.1) is 11.8 Å². The molecule has 1 N–H and O–H groups in total. The first-order chi connectivity index (χ1) is 12.8. The van der Waals surface area contributed by atoms with E-state index in [0.29, 0.717) is 5.75 Å². The van der Waals surface area contributed by atoms with Crippen molar-refractivity contribution < 1.29 is 32.3 Å². The van der Waals surface area contributed by atoms with Crippen LogP contribution in [0.1, 0.15) is 33.1 Å². The Labute approximate surface area is 159 Å². The third-order valence-electron chi connectivity index (χ3n) is 4.89. The molecule has 0 radical (unpaired) electrons. The first-order valence-corrected chi connectivity index (χ1v) is 10.3. The summed E-state index contributed by atoms with van der Waals surface area (Å²) in [5.41, 5.74) is 0. The minimum atomic E-state index is -3.61. The Hall–Kier alpha value is -2.37. The summed E-state index contributed by atoms with van der Waals surface area (Å²) in [6.45, 7) is 3.52. The number of rotatable bonds is 5. The lowest BCUT2D eigenvalue weighted by Crippen LogP contribution is -2.61. The molecule has 1 fully saturated rings. The van der Waals surface area contributed by atoms with Gasteiger partial charge >= 0.3 is 12.0 Å². The highest BCUT2D eigenvalue weighted by Crippen LogP contribution is 2.30. The number of ether oxygens (including phenoxy) is 1. The second-order valence-electron chi connectivity index (χ2n) is 6.38. The molecule has 7 nitrogen and oxygen atoms in total. The summed E-state index contributed by atoms with van der Waals surface area (Å²) in [5.74, 6) is 5.59. The number of sulfone groups is 1. The summed E-state index contributed by atoms with van der Waals surface area (Å²) in [6, 6.07) is 6.11. The zero-order chi connectivity index (χ0) is 20.1. The van der Waals surface area contributed by atoms with E-state index < -0.39 is 31.6 Å². The lowest BCUT2D eigenvalue weighted by atomic mass is 10.1. The van der Waals surface area contributed by atoms with Gasteiger partial charge in [-0.15, -0.1) is 5.92 Å². The number of benzene rings is 1. The number of hydrogen-bond donors (Lipinski definition) is 1. The van der Waals surface area contributed by atoms with Gasteiger partial charge in [-0.3, -0.25) is 0 Å². The number of nitrogens with zero attached hydrogens (tertiary/aromatic N) is 1. The number of imide groups is 1. The first kappa shape index (κ1) is 20.9. The molecule has 8 heteroatoms. The molecule has 0 atom stereocenters. The molecule has 1 aliphatic heterocycles. The van der Waals surface area contributed by atoms with E-state index in [0.717, 1.165) is 0 Å². The third kappa shape index (κ3) is 4.31. The lowest BCUT2D eigenvalue weighted by molar-refractivity contribution is -0.787. The van der Waals surface area contributed by atoms with Crippen LogP contribution in [-0.4, -0.2) is 55.0 Å². The monoisotopic (exact) mass is 394 g/mol. The topological polar surface area (TPSA) is 97.7 Å². The molecular formula is C19H24NO6S+. The summed E-state index contributed by atoms with van der Waals surface area (Å²) in [4.78, 5) is 23.9. The van der Waals surface area contributed by atoms with Crippen LogP contribution in [0.25, 0.3) is 0 Å². The summed E-state index contributed by atoms with van der Waals surface area (Å²) in [7, 11) is -3.61. The molecule has 27 heavy (non-hydrogen) atoms. The number of likely N-dealkylation sites (tertiary alicyclic amines) is 1. The molecular weight excluding hydrogens is 370 g/mol. The third-order valence-corrected chi connectivity index (χ3v) is 7.17. The molecule has 1 aromatic rings. The van der Waals surface area contributed by atoms with Crippen LogP contribution in [0.2, 0.25) is 0 Å². The lowest BCUT2D eigenvalue weighted by Gasteiger charge is -2.36. The van der Waals surface area contributed by atoms with Gasteiger partial charge in [0.2, 0.25) is 0 Å². The predicted molar refractivity (Wildman–Crippen MR) is 98.9 cm³/mol. The summed E-state index contributed by atoms with van der Waals surface area (Å²) >= 11 is 0. The maximum Gasteiger partial charge on any atom is 0.521 e. The van der Waals surface area contributed by atoms with Crippen LogP contribution in [0.4, 0.5) is 4.79 Å². The van der Waals surface area contributed by atoms with Gasteiger partial charge in [0.1, 0.15) is 12.4 Å². The molecule has 2 amide bonds. The van der Waals surface area contributed by atoms with E-state index in [1.165, 1.54) is 12.1 Å². The van der Waals surface area contributed by atoms with E-state index in [1.807, 2.05) is 0 Å². The van der Waals surface area contributed by atoms with Gasteiger partial charge in [0.05, 0.1) is 29.7 Å². The van der Waals surface area contributed by atoms with Crippen molar-refractivity contribution in [2.24, 2.45) is 0 Å². The Bertz CT molecular complexity index is 856. The standard InChI is InChI=1S/C19H23NO6S/c1-3-5-14-26-15-6-8-16(9-7-15)27(24,25)17-10-12-20(13-11-17,19(22)23)18(21)4-2/h6-9,17H,4,10-14H2,1-2H3/p+1. The van der Waals surface area contributed by atoms with Crippen LogP contribution in [-0.2, 0) is 14.6 Å². The van der Waals surface area contributed by atoms with E-state index >= 15 is 0 Å². The van der Waals surface area contributed by atoms with Crippen LogP contribution in [0.15, 0.2) is 29.2 Å². The number of carboxylic acid groups (broad SMARTS) is 1. The van der Waals surface area contributed by atoms with Crippen LogP contribution in [0.5, 0.6) is 5.75 Å². The molecule has 0 spiro atoms. The van der Waals surface area contributed by atoms with Crippen molar-refractivity contribution in [3.63, 3.8) is 0 Å². The van der Waals surface area contributed by atoms with Crippen molar-refractivity contribution in [1.82, 2.24) is 0 Å². The minimum absolute atomic E-state index is 0.0111. The molecule has 2 rings (SSSR count). The maximum atomic E-state index is 12.9. The molecule has 1 aromatic carbocycles. The number of piperidine rings is 1. The van der Waals surface area contributed by atoms with Gasteiger partial charge in [0, 0.05) is 12.8 Å². The van der Waals surface area contributed by atoms with Crippen molar-refractivity contribution in [3.05, 3.63) is 24.3 Å². The zero-order valence-corrected chi connectivity index (χ0v) is 16.3. The number of carbonyl (C=O) groups excluding carboxylic acids is 1. The normalized spacial score (nSPS) is 22.4. The molecule has 1 aliphatic rings. The van der Waals surface area contributed by atoms with Gasteiger partial charge in [-0.1, -0.05) is 12.8 Å². The Morgan fingerprint density at radius 2 is 1.81 bits per heavy atom. The van der Waals surface area contributed by atoms with Gasteiger partial charge in [-0.25, -0.2) is 13.2 Å². The predicted octanol–water partition coefficient (Wildman–Crippen LogP) is 2.46. The molecule has 146 valence electrons. The largest absolute Gasteiger partial charge is 0.521 e. The molecule has 0 aliphatic carbocycles. The fourth-order valence-corrected chi connectivity index (χ4v) is 4.99. The van der Waals surface area contributed by atoms with E-state index in [4.69, 9.17) is 4.74 Å². The van der Waals surface area contributed by atoms with Gasteiger partial charge in [-0.2, -0.15) is 9.28 Å². The molecule has 0 unspecified atom stereocenters. The van der Waals surface area contributed by atoms with Gasteiger partial charge in [-0.05, 0) is 31.2 Å². The number of hydrogen-bond acceptors (Lipinski definition) is 5. The zero-order valence-electron chi connectivity index (χ0n) is 15.5. The van der Waals surface area contributed by atoms with E-state index in [1.54, 1.807) is 26.0 Å². The van der Waals surface area contributed by atoms with Crippen LogP contribution >= 0.6 is 0 Å². The Balaban J connectivity index is 2.13. The minimum Gasteiger partial charge on any atom is -0.481 e. The molecule has 0 aromatic heterocycles. The van der Waals surface area contributed by atoms with Gasteiger partial charge in [0.15, 0.2) is 9.84 Å². The Kier molecular flexibility index (Phi) is 6.63. The highest BCUT2D eigenvalue weighted by atomic mass is 32.2. The Morgan fingerprint density at radius 3 is 2.30 bits per heavy atom. The Morgan fingerprint density at radius 1 is 1.22 bits per heavy atom. The second-order valence-corrected chi connectivity index (χ2v) is 8.60. The molecule has 0 saturated carbocycles. The number of amides is 2. The average Bonchev–Trinajstić information content (AvgIpc) is 2.67. The molecule has 1 heterocycles. The fraction of sp³-hybridized carbons (Fsp3) is 0.474. The van der Waals surface area contributed by atoms with E-state index in [-0.39, 0.29) is 43.9 Å². The maximum absolute atomic E-state index is 12.9. The molecule has 0 bridgehead atoms. The first-order valence-electron chi connectivity index (χ1n) is 8.78. The van der Waals surface area contributed by atoms with Gasteiger partial charge in [0.25, 0.3) is 0 Å². The van der Waals surface area contributed by atoms with Crippen molar-refractivity contribution in [2.45, 2.75) is 43.3 Å². The van der Waals surface area contributed by atoms with Crippen molar-refractivity contribution in [1.29, 1.82) is 0 Å². The van der Waals surface area contributed by atoms with Crippen molar-refractivity contribution in [2.75, 3.05) is 19.7 Å². The van der Waals surface area contributed by atoms with E-state index in [9.17, 15) is 23.1 Å². The van der Waals surface area contributed by atoms with Crippen molar-refractivity contribution >= 4 is 21.8 Å². The highest BCUT2D eigenvalue weighted by molar-refractivity contribution is 7.92. The average molecular weight is 394 g/mol. The summed E-state index contributed by atoms with van der Waals surface area (Å²) in [6.07, 6.45) is -0.849. The van der Waals surface area contributed by atoms with Crippen LogP contribution in [0.3, 0.4) is 0 Å². The number of quaternary nitrogens is 1. The summed E-state index contributed by atoms with van der Waals surface area (Å²) in [5, 5.41) is 8.79. The van der Waals surface area contributed by atoms with Crippen LogP contribution < -0.4 is 4.74 Å². The van der Waals surface area contributed by atoms with Crippen molar-refractivity contribution in [3.8, 4) is 17.6 Å². The highest BCUT2D eigenvalue weighted by Gasteiger charge is 2.49. The second kappa shape index (κ2) is 8.55. The smallest absolute Gasteiger partial charge is 0.481 e. The van der Waals surface area contributed by atoms with Gasteiger partial charge < -0.3 is 9.84 Å². The van der Waals surface area contributed by atoms with E-state index in [2.05, 4.69) is 11.8 Å². The fourth-order valence-electron chi connectivity index (χ4n) is 3.25. The molecule has 1 saturated heterocycles.